The Morgan fingerprint density at radius 1 is 1.33 bits per heavy atom. The summed E-state index contributed by atoms with van der Waals surface area (Å²) >= 11 is 0. The average Bonchev–Trinajstić information content (AvgIpc) is 2.18. The fraction of sp³-hybridized carbons (Fsp3) is 0.250. The van der Waals surface area contributed by atoms with Crippen molar-refractivity contribution >= 4 is 12.0 Å². The number of hydrogen-bond acceptors (Lipinski definition) is 2. The highest BCUT2D eigenvalue weighted by atomic mass is 16.4. The van der Waals surface area contributed by atoms with Crippen LogP contribution in [0.5, 0.6) is 0 Å². The minimum absolute atomic E-state index is 0.280. The molecule has 0 unspecified atom stereocenters. The van der Waals surface area contributed by atoms with Crippen LogP contribution in [0.4, 0.5) is 0 Å². The smallest absolute Gasteiger partial charge is 0.351 e. The predicted octanol–water partition coefficient (Wildman–Crippen LogP) is 1.65. The molecule has 0 bridgehead atoms. The summed E-state index contributed by atoms with van der Waals surface area (Å²) in [5.41, 5.74) is 2.50. The molecular formula is C12H13NO2. The predicted molar refractivity (Wildman–Crippen MR) is 58.4 cm³/mol. The van der Waals surface area contributed by atoms with Crippen LogP contribution in [0.1, 0.15) is 17.5 Å². The van der Waals surface area contributed by atoms with Gasteiger partial charge in [0.2, 0.25) is 0 Å². The van der Waals surface area contributed by atoms with Gasteiger partial charge in [0, 0.05) is 6.54 Å². The minimum Gasteiger partial charge on any atom is -0.477 e. The lowest BCUT2D eigenvalue weighted by Gasteiger charge is -2.13. The Balaban J connectivity index is 2.43. The second-order valence-corrected chi connectivity index (χ2v) is 3.59. The number of fused-ring (bicyclic) bond motifs is 1. The third kappa shape index (κ3) is 2.18. The first-order chi connectivity index (χ1) is 7.27. The second-order valence-electron chi connectivity index (χ2n) is 3.59. The summed E-state index contributed by atoms with van der Waals surface area (Å²) < 4.78 is 0. The van der Waals surface area contributed by atoms with Crippen LogP contribution in [-0.4, -0.2) is 17.6 Å². The number of carboxylic acids is 1. The van der Waals surface area contributed by atoms with Crippen molar-refractivity contribution in [2.75, 3.05) is 6.54 Å². The van der Waals surface area contributed by atoms with Crippen LogP contribution in [0.3, 0.4) is 0 Å². The van der Waals surface area contributed by atoms with Crippen molar-refractivity contribution in [1.29, 1.82) is 0 Å². The maximum Gasteiger partial charge on any atom is 0.351 e. The van der Waals surface area contributed by atoms with Crippen LogP contribution in [0.2, 0.25) is 0 Å². The molecule has 2 rings (SSSR count). The standard InChI is InChI=1S/C12H13NO2/c14-12(15)11-8-10-5-2-1-4-9(10)6-3-7-13-11/h1-2,4-5,8,13H,3,6-7H2,(H,14,15)/b11-8-. The highest BCUT2D eigenvalue weighted by molar-refractivity contribution is 5.91. The van der Waals surface area contributed by atoms with Crippen molar-refractivity contribution < 1.29 is 9.90 Å². The van der Waals surface area contributed by atoms with Crippen LogP contribution < -0.4 is 5.32 Å². The molecule has 1 aromatic rings. The number of nitrogens with one attached hydrogen (secondary N) is 1. The highest BCUT2D eigenvalue weighted by Gasteiger charge is 2.10. The molecule has 0 fully saturated rings. The van der Waals surface area contributed by atoms with Crippen molar-refractivity contribution in [1.82, 2.24) is 5.32 Å². The van der Waals surface area contributed by atoms with Gasteiger partial charge in [0.05, 0.1) is 0 Å². The Kier molecular flexibility index (Phi) is 2.72. The van der Waals surface area contributed by atoms with Crippen molar-refractivity contribution in [3.63, 3.8) is 0 Å². The zero-order valence-electron chi connectivity index (χ0n) is 8.36. The summed E-state index contributed by atoms with van der Waals surface area (Å²) in [4.78, 5) is 10.9. The van der Waals surface area contributed by atoms with Crippen molar-refractivity contribution in [3.05, 3.63) is 41.1 Å². The molecule has 0 saturated carbocycles. The van der Waals surface area contributed by atoms with Gasteiger partial charge in [-0.05, 0) is 30.0 Å². The maximum absolute atomic E-state index is 10.9. The van der Waals surface area contributed by atoms with Gasteiger partial charge < -0.3 is 10.4 Å². The number of carboxylic acid groups (broad SMARTS) is 1. The molecule has 78 valence electrons. The van der Waals surface area contributed by atoms with E-state index in [4.69, 9.17) is 5.11 Å². The summed E-state index contributed by atoms with van der Waals surface area (Å²) in [6.07, 6.45) is 3.66. The molecule has 0 atom stereocenters. The third-order valence-electron chi connectivity index (χ3n) is 2.52. The van der Waals surface area contributed by atoms with Gasteiger partial charge in [-0.25, -0.2) is 4.79 Å². The first-order valence-electron chi connectivity index (χ1n) is 5.04. The van der Waals surface area contributed by atoms with Gasteiger partial charge in [-0.3, -0.25) is 0 Å². The Morgan fingerprint density at radius 2 is 2.13 bits per heavy atom. The lowest BCUT2D eigenvalue weighted by atomic mass is 10.0. The van der Waals surface area contributed by atoms with Crippen LogP contribution in [0.25, 0.3) is 6.08 Å². The van der Waals surface area contributed by atoms with E-state index in [0.717, 1.165) is 18.4 Å². The van der Waals surface area contributed by atoms with Crippen LogP contribution in [0, 0.1) is 0 Å². The summed E-state index contributed by atoms with van der Waals surface area (Å²) in [5.74, 6) is -0.897. The first-order valence-corrected chi connectivity index (χ1v) is 5.04. The van der Waals surface area contributed by atoms with E-state index < -0.39 is 5.97 Å². The summed E-state index contributed by atoms with van der Waals surface area (Å²) in [5, 5.41) is 11.9. The number of carbonyl (C=O) groups is 1. The molecule has 0 amide bonds. The number of aliphatic carboxylic acids is 1. The van der Waals surface area contributed by atoms with Crippen molar-refractivity contribution in [3.8, 4) is 0 Å². The van der Waals surface area contributed by atoms with Gasteiger partial charge in [-0.1, -0.05) is 24.3 Å². The van der Waals surface area contributed by atoms with Gasteiger partial charge >= 0.3 is 5.97 Å². The average molecular weight is 203 g/mol. The monoisotopic (exact) mass is 203 g/mol. The Bertz CT molecular complexity index is 410. The SMILES string of the molecule is O=C(O)/C1=C/c2ccccc2CCCN1. The van der Waals surface area contributed by atoms with Crippen LogP contribution in [-0.2, 0) is 11.2 Å². The van der Waals surface area contributed by atoms with E-state index >= 15 is 0 Å². The number of rotatable bonds is 1. The Hall–Kier alpha value is -1.77. The summed E-state index contributed by atoms with van der Waals surface area (Å²) in [7, 11) is 0. The van der Waals surface area contributed by atoms with E-state index in [0.29, 0.717) is 6.54 Å². The molecule has 3 heteroatoms. The first kappa shape index (κ1) is 9.77. The molecule has 1 aliphatic heterocycles. The molecule has 15 heavy (non-hydrogen) atoms. The van der Waals surface area contributed by atoms with Crippen molar-refractivity contribution in [2.45, 2.75) is 12.8 Å². The van der Waals surface area contributed by atoms with Crippen LogP contribution in [0.15, 0.2) is 30.0 Å². The fourth-order valence-corrected chi connectivity index (χ4v) is 1.75. The molecule has 0 radical (unpaired) electrons. The molecule has 0 saturated heterocycles. The molecule has 3 nitrogen and oxygen atoms in total. The summed E-state index contributed by atoms with van der Waals surface area (Å²) in [6, 6.07) is 7.92. The molecule has 0 spiro atoms. The van der Waals surface area contributed by atoms with Gasteiger partial charge in [-0.2, -0.15) is 0 Å². The third-order valence-corrected chi connectivity index (χ3v) is 2.52. The summed E-state index contributed by atoms with van der Waals surface area (Å²) in [6.45, 7) is 0.715. The van der Waals surface area contributed by atoms with E-state index in [-0.39, 0.29) is 5.70 Å². The molecule has 1 aromatic carbocycles. The fourth-order valence-electron chi connectivity index (χ4n) is 1.75. The Morgan fingerprint density at radius 3 is 2.93 bits per heavy atom. The lowest BCUT2D eigenvalue weighted by Crippen LogP contribution is -2.23. The molecule has 2 N–H and O–H groups in total. The van der Waals surface area contributed by atoms with Gasteiger partial charge in [0.1, 0.15) is 5.70 Å². The lowest BCUT2D eigenvalue weighted by molar-refractivity contribution is -0.133. The van der Waals surface area contributed by atoms with Gasteiger partial charge in [0.15, 0.2) is 0 Å². The zero-order valence-corrected chi connectivity index (χ0v) is 8.36. The normalized spacial score (nSPS) is 18.8. The van der Waals surface area contributed by atoms with E-state index in [1.807, 2.05) is 18.2 Å². The zero-order chi connectivity index (χ0) is 10.7. The number of aryl methyl sites for hydroxylation is 1. The molecule has 0 aliphatic carbocycles. The second kappa shape index (κ2) is 4.17. The van der Waals surface area contributed by atoms with E-state index in [2.05, 4.69) is 11.4 Å². The topological polar surface area (TPSA) is 49.3 Å². The number of hydrogen-bond donors (Lipinski definition) is 2. The van der Waals surface area contributed by atoms with E-state index in [1.54, 1.807) is 6.08 Å². The van der Waals surface area contributed by atoms with E-state index in [1.165, 1.54) is 5.56 Å². The quantitative estimate of drug-likeness (QED) is 0.729. The van der Waals surface area contributed by atoms with E-state index in [9.17, 15) is 4.79 Å². The van der Waals surface area contributed by atoms with Gasteiger partial charge in [-0.15, -0.1) is 0 Å². The highest BCUT2D eigenvalue weighted by Crippen LogP contribution is 2.16. The van der Waals surface area contributed by atoms with Crippen molar-refractivity contribution in [2.24, 2.45) is 0 Å². The largest absolute Gasteiger partial charge is 0.477 e. The maximum atomic E-state index is 10.9. The number of benzene rings is 1. The molecule has 0 aromatic heterocycles. The molecular weight excluding hydrogens is 190 g/mol. The van der Waals surface area contributed by atoms with Gasteiger partial charge in [0.25, 0.3) is 0 Å². The molecule has 1 heterocycles. The molecule has 1 aliphatic rings. The van der Waals surface area contributed by atoms with Crippen LogP contribution >= 0.6 is 0 Å². The Labute approximate surface area is 88.4 Å². The minimum atomic E-state index is -0.897.